The number of rotatable bonds is 3. The van der Waals surface area contributed by atoms with Crippen molar-refractivity contribution in [3.8, 4) is 0 Å². The molecule has 2 aromatic carbocycles. The highest BCUT2D eigenvalue weighted by molar-refractivity contribution is 6.02. The first-order valence-electron chi connectivity index (χ1n) is 7.39. The van der Waals surface area contributed by atoms with Crippen LogP contribution in [-0.2, 0) is 18.3 Å². The SMILES string of the molecule is Cn1ccc2cccc(NC(=O)Cc3noc4ccccc34)c21. The van der Waals surface area contributed by atoms with Crippen LogP contribution in [0.1, 0.15) is 5.69 Å². The quantitative estimate of drug-likeness (QED) is 0.630. The minimum atomic E-state index is -0.113. The van der Waals surface area contributed by atoms with E-state index in [0.29, 0.717) is 11.3 Å². The maximum absolute atomic E-state index is 12.4. The third kappa shape index (κ3) is 2.36. The Morgan fingerprint density at radius 2 is 2.04 bits per heavy atom. The third-order valence-corrected chi connectivity index (χ3v) is 3.95. The summed E-state index contributed by atoms with van der Waals surface area (Å²) in [6, 6.07) is 15.4. The second kappa shape index (κ2) is 5.28. The molecule has 0 saturated heterocycles. The van der Waals surface area contributed by atoms with Gasteiger partial charge in [0.05, 0.1) is 17.6 Å². The van der Waals surface area contributed by atoms with Crippen molar-refractivity contribution >= 4 is 33.5 Å². The average Bonchev–Trinajstić information content (AvgIpc) is 3.13. The van der Waals surface area contributed by atoms with Gasteiger partial charge in [-0.05, 0) is 24.3 Å². The summed E-state index contributed by atoms with van der Waals surface area (Å²) in [5.74, 6) is -0.113. The van der Waals surface area contributed by atoms with Crippen molar-refractivity contribution in [2.45, 2.75) is 6.42 Å². The zero-order valence-corrected chi connectivity index (χ0v) is 12.6. The molecule has 1 N–H and O–H groups in total. The Morgan fingerprint density at radius 3 is 2.96 bits per heavy atom. The Bertz CT molecular complexity index is 1010. The van der Waals surface area contributed by atoms with Gasteiger partial charge in [-0.2, -0.15) is 0 Å². The lowest BCUT2D eigenvalue weighted by atomic mass is 10.1. The summed E-state index contributed by atoms with van der Waals surface area (Å²) in [6.07, 6.45) is 2.16. The first kappa shape index (κ1) is 13.6. The lowest BCUT2D eigenvalue weighted by Crippen LogP contribution is -2.15. The Balaban J connectivity index is 1.61. The summed E-state index contributed by atoms with van der Waals surface area (Å²) in [5.41, 5.74) is 3.15. The van der Waals surface area contributed by atoms with Gasteiger partial charge in [0.1, 0.15) is 5.69 Å². The molecule has 0 saturated carbocycles. The molecule has 5 heteroatoms. The molecule has 4 aromatic rings. The predicted octanol–water partition coefficient (Wildman–Crippen LogP) is 3.50. The Labute approximate surface area is 132 Å². The van der Waals surface area contributed by atoms with E-state index < -0.39 is 0 Å². The molecule has 4 rings (SSSR count). The van der Waals surface area contributed by atoms with Crippen molar-refractivity contribution in [3.63, 3.8) is 0 Å². The molecule has 0 aliphatic rings. The van der Waals surface area contributed by atoms with Gasteiger partial charge in [0.2, 0.25) is 5.91 Å². The summed E-state index contributed by atoms with van der Waals surface area (Å²) >= 11 is 0. The van der Waals surface area contributed by atoms with Gasteiger partial charge in [-0.15, -0.1) is 0 Å². The number of hydrogen-bond donors (Lipinski definition) is 1. The van der Waals surface area contributed by atoms with E-state index in [-0.39, 0.29) is 12.3 Å². The largest absolute Gasteiger partial charge is 0.356 e. The van der Waals surface area contributed by atoms with E-state index in [1.165, 1.54) is 0 Å². The Hall–Kier alpha value is -3.08. The number of aryl methyl sites for hydroxylation is 1. The molecule has 5 nitrogen and oxygen atoms in total. The highest BCUT2D eigenvalue weighted by Crippen LogP contribution is 2.24. The Kier molecular flexibility index (Phi) is 3.12. The number of para-hydroxylation sites is 2. The second-order valence-corrected chi connectivity index (χ2v) is 5.52. The molecule has 1 amide bonds. The molecule has 0 fully saturated rings. The molecule has 114 valence electrons. The average molecular weight is 305 g/mol. The number of amides is 1. The van der Waals surface area contributed by atoms with Gasteiger partial charge in [-0.3, -0.25) is 4.79 Å². The van der Waals surface area contributed by atoms with Crippen molar-refractivity contribution in [1.29, 1.82) is 0 Å². The Morgan fingerprint density at radius 1 is 1.17 bits per heavy atom. The molecule has 23 heavy (non-hydrogen) atoms. The van der Waals surface area contributed by atoms with Gasteiger partial charge < -0.3 is 14.4 Å². The van der Waals surface area contributed by atoms with Crippen molar-refractivity contribution in [2.24, 2.45) is 7.05 Å². The molecule has 2 aromatic heterocycles. The van der Waals surface area contributed by atoms with E-state index in [9.17, 15) is 4.79 Å². The predicted molar refractivity (Wildman–Crippen MR) is 89.3 cm³/mol. The zero-order chi connectivity index (χ0) is 15.8. The maximum atomic E-state index is 12.4. The molecular weight excluding hydrogens is 290 g/mol. The van der Waals surface area contributed by atoms with Gasteiger partial charge in [0.25, 0.3) is 0 Å². The highest BCUT2D eigenvalue weighted by atomic mass is 16.5. The van der Waals surface area contributed by atoms with E-state index >= 15 is 0 Å². The van der Waals surface area contributed by atoms with Gasteiger partial charge in [-0.1, -0.05) is 29.4 Å². The third-order valence-electron chi connectivity index (χ3n) is 3.95. The fourth-order valence-electron chi connectivity index (χ4n) is 2.87. The molecule has 0 bridgehead atoms. The first-order valence-corrected chi connectivity index (χ1v) is 7.39. The topological polar surface area (TPSA) is 60.1 Å². The van der Waals surface area contributed by atoms with Crippen LogP contribution in [0.5, 0.6) is 0 Å². The van der Waals surface area contributed by atoms with Gasteiger partial charge >= 0.3 is 0 Å². The van der Waals surface area contributed by atoms with E-state index in [0.717, 1.165) is 22.0 Å². The maximum Gasteiger partial charge on any atom is 0.230 e. The van der Waals surface area contributed by atoms with Crippen molar-refractivity contribution in [3.05, 3.63) is 60.4 Å². The molecule has 0 unspecified atom stereocenters. The number of fused-ring (bicyclic) bond motifs is 2. The number of benzene rings is 2. The number of anilines is 1. The van der Waals surface area contributed by atoms with Crippen molar-refractivity contribution in [1.82, 2.24) is 9.72 Å². The van der Waals surface area contributed by atoms with Crippen LogP contribution in [0, 0.1) is 0 Å². The number of nitrogens with one attached hydrogen (secondary N) is 1. The normalized spacial score (nSPS) is 11.2. The molecule has 0 aliphatic heterocycles. The summed E-state index contributed by atoms with van der Waals surface area (Å²) in [5, 5.41) is 8.95. The second-order valence-electron chi connectivity index (χ2n) is 5.52. The number of carbonyl (C=O) groups excluding carboxylic acids is 1. The highest BCUT2D eigenvalue weighted by Gasteiger charge is 2.13. The van der Waals surface area contributed by atoms with Crippen LogP contribution in [0.4, 0.5) is 5.69 Å². The molecule has 2 heterocycles. The van der Waals surface area contributed by atoms with Crippen LogP contribution in [0.2, 0.25) is 0 Å². The first-order chi connectivity index (χ1) is 11.2. The monoisotopic (exact) mass is 305 g/mol. The van der Waals surface area contributed by atoms with E-state index in [1.54, 1.807) is 0 Å². The summed E-state index contributed by atoms with van der Waals surface area (Å²) in [7, 11) is 1.96. The van der Waals surface area contributed by atoms with Crippen LogP contribution in [0.25, 0.3) is 21.9 Å². The van der Waals surface area contributed by atoms with Gasteiger partial charge in [0, 0.05) is 24.0 Å². The number of nitrogens with zero attached hydrogens (tertiary/aromatic N) is 2. The lowest BCUT2D eigenvalue weighted by molar-refractivity contribution is -0.115. The van der Waals surface area contributed by atoms with E-state index in [1.807, 2.05) is 66.3 Å². The van der Waals surface area contributed by atoms with Crippen molar-refractivity contribution < 1.29 is 9.32 Å². The fraction of sp³-hybridized carbons (Fsp3) is 0.111. The summed E-state index contributed by atoms with van der Waals surface area (Å²) in [4.78, 5) is 12.4. The van der Waals surface area contributed by atoms with E-state index in [4.69, 9.17) is 4.52 Å². The molecule has 0 spiro atoms. The lowest BCUT2D eigenvalue weighted by Gasteiger charge is -2.08. The smallest absolute Gasteiger partial charge is 0.230 e. The van der Waals surface area contributed by atoms with E-state index in [2.05, 4.69) is 10.5 Å². The van der Waals surface area contributed by atoms with Crippen LogP contribution in [0.3, 0.4) is 0 Å². The molecule has 0 radical (unpaired) electrons. The number of hydrogen-bond acceptors (Lipinski definition) is 3. The van der Waals surface area contributed by atoms with Crippen LogP contribution in [0.15, 0.2) is 59.3 Å². The molecular formula is C18H15N3O2. The van der Waals surface area contributed by atoms with Crippen molar-refractivity contribution in [2.75, 3.05) is 5.32 Å². The van der Waals surface area contributed by atoms with Crippen LogP contribution >= 0.6 is 0 Å². The number of aromatic nitrogens is 2. The zero-order valence-electron chi connectivity index (χ0n) is 12.6. The minimum absolute atomic E-state index is 0.113. The molecule has 0 atom stereocenters. The minimum Gasteiger partial charge on any atom is -0.356 e. The summed E-state index contributed by atoms with van der Waals surface area (Å²) < 4.78 is 7.24. The van der Waals surface area contributed by atoms with Crippen LogP contribution in [-0.4, -0.2) is 15.6 Å². The number of carbonyl (C=O) groups is 1. The van der Waals surface area contributed by atoms with Gasteiger partial charge in [-0.25, -0.2) is 0 Å². The summed E-state index contributed by atoms with van der Waals surface area (Å²) in [6.45, 7) is 0. The van der Waals surface area contributed by atoms with Gasteiger partial charge in [0.15, 0.2) is 5.58 Å². The fourth-order valence-corrected chi connectivity index (χ4v) is 2.87. The standard InChI is InChI=1S/C18H15N3O2/c1-21-10-9-12-5-4-7-14(18(12)21)19-17(22)11-15-13-6-2-3-8-16(13)23-20-15/h2-10H,11H2,1H3,(H,19,22). The molecule has 0 aliphatic carbocycles. The van der Waals surface area contributed by atoms with Crippen LogP contribution < -0.4 is 5.32 Å².